The summed E-state index contributed by atoms with van der Waals surface area (Å²) in [6.07, 6.45) is 0. The van der Waals surface area contributed by atoms with Crippen molar-refractivity contribution in [3.8, 4) is 11.3 Å². The molecule has 0 radical (unpaired) electrons. The Balaban J connectivity index is 1.69. The van der Waals surface area contributed by atoms with Crippen molar-refractivity contribution in [1.82, 2.24) is 14.8 Å². The molecule has 1 N–H and O–H groups in total. The predicted molar refractivity (Wildman–Crippen MR) is 117 cm³/mol. The van der Waals surface area contributed by atoms with Gasteiger partial charge in [-0.2, -0.15) is 5.10 Å². The zero-order valence-corrected chi connectivity index (χ0v) is 17.2. The van der Waals surface area contributed by atoms with E-state index >= 15 is 0 Å². The number of carbonyl (C=O) groups excluding carboxylic acids is 1. The number of amides is 1. The number of fused-ring (bicyclic) bond motifs is 1. The fraction of sp³-hybridized carbons (Fsp3) is 0.182. The minimum Gasteiger partial charge on any atom is -0.296 e. The molecular weight excluding hydrogens is 384 g/mol. The highest BCUT2D eigenvalue weighted by atomic mass is 32.1. The van der Waals surface area contributed by atoms with Gasteiger partial charge in [-0.15, -0.1) is 11.3 Å². The van der Waals surface area contributed by atoms with Crippen molar-refractivity contribution in [3.05, 3.63) is 75.5 Å². The summed E-state index contributed by atoms with van der Waals surface area (Å²) in [5.41, 5.74) is 2.97. The molecule has 0 spiro atoms. The summed E-state index contributed by atoms with van der Waals surface area (Å²) >= 11 is 1.35. The lowest BCUT2D eigenvalue weighted by molar-refractivity contribution is 0.102. The first-order valence-electron chi connectivity index (χ1n) is 9.29. The third-order valence-electron chi connectivity index (χ3n) is 4.60. The largest absolute Gasteiger partial charge is 0.296 e. The summed E-state index contributed by atoms with van der Waals surface area (Å²) in [7, 11) is 0. The Hall–Kier alpha value is -3.32. The van der Waals surface area contributed by atoms with Gasteiger partial charge in [-0.1, -0.05) is 48.0 Å². The van der Waals surface area contributed by atoms with E-state index in [1.807, 2.05) is 50.4 Å². The van der Waals surface area contributed by atoms with Crippen molar-refractivity contribution >= 4 is 33.1 Å². The third-order valence-corrected chi connectivity index (χ3v) is 5.36. The van der Waals surface area contributed by atoms with E-state index in [-0.39, 0.29) is 23.2 Å². The van der Waals surface area contributed by atoms with Gasteiger partial charge in [0.15, 0.2) is 10.8 Å². The standard InChI is InChI=1S/C22H20N4O2S/c1-13(2)26-21(28)17-7-5-4-6-16(17)19(25-26)20(27)24-22-23-18(12-29-22)15-10-8-14(3)9-11-15/h4-13H,1-3H3,(H,23,24,27). The van der Waals surface area contributed by atoms with Gasteiger partial charge in [0, 0.05) is 16.3 Å². The minimum absolute atomic E-state index is 0.161. The highest BCUT2D eigenvalue weighted by Gasteiger charge is 2.19. The Bertz CT molecular complexity index is 1260. The second kappa shape index (κ2) is 7.60. The van der Waals surface area contributed by atoms with Crippen LogP contribution in [0, 0.1) is 6.92 Å². The molecule has 2 aromatic heterocycles. The third kappa shape index (κ3) is 3.69. The Labute approximate surface area is 171 Å². The molecule has 0 aliphatic heterocycles. The van der Waals surface area contributed by atoms with E-state index in [0.717, 1.165) is 11.3 Å². The van der Waals surface area contributed by atoms with Crippen LogP contribution in [0.4, 0.5) is 5.13 Å². The van der Waals surface area contributed by atoms with E-state index < -0.39 is 0 Å². The van der Waals surface area contributed by atoms with Crippen molar-refractivity contribution in [2.24, 2.45) is 0 Å². The van der Waals surface area contributed by atoms with Gasteiger partial charge < -0.3 is 0 Å². The Morgan fingerprint density at radius 1 is 1.07 bits per heavy atom. The Kier molecular flexibility index (Phi) is 4.98. The quantitative estimate of drug-likeness (QED) is 0.537. The average molecular weight is 404 g/mol. The van der Waals surface area contributed by atoms with Crippen molar-refractivity contribution in [2.75, 3.05) is 5.32 Å². The smallest absolute Gasteiger partial charge is 0.278 e. The molecule has 2 aromatic carbocycles. The number of nitrogens with zero attached hydrogens (tertiary/aromatic N) is 3. The molecule has 29 heavy (non-hydrogen) atoms. The van der Waals surface area contributed by atoms with Crippen molar-refractivity contribution in [2.45, 2.75) is 26.8 Å². The molecule has 4 aromatic rings. The number of anilines is 1. The maximum absolute atomic E-state index is 13.0. The van der Waals surface area contributed by atoms with E-state index in [1.165, 1.54) is 21.6 Å². The number of hydrogen-bond acceptors (Lipinski definition) is 5. The predicted octanol–water partition coefficient (Wildman–Crippen LogP) is 4.66. The monoisotopic (exact) mass is 404 g/mol. The first kappa shape index (κ1) is 19.0. The number of thiazole rings is 1. The van der Waals surface area contributed by atoms with E-state index in [2.05, 4.69) is 15.4 Å². The SMILES string of the molecule is Cc1ccc(-c2csc(NC(=O)c3nn(C(C)C)c(=O)c4ccccc34)n2)cc1. The minimum atomic E-state index is -0.389. The van der Waals surface area contributed by atoms with Crippen LogP contribution >= 0.6 is 11.3 Å². The van der Waals surface area contributed by atoms with Crippen LogP contribution in [0.3, 0.4) is 0 Å². The summed E-state index contributed by atoms with van der Waals surface area (Å²) in [5, 5.41) is 10.6. The number of hydrogen-bond donors (Lipinski definition) is 1. The first-order valence-corrected chi connectivity index (χ1v) is 10.2. The second-order valence-electron chi connectivity index (χ2n) is 7.10. The topological polar surface area (TPSA) is 76.9 Å². The molecule has 0 fully saturated rings. The van der Waals surface area contributed by atoms with Gasteiger partial charge in [0.25, 0.3) is 11.5 Å². The molecular formula is C22H20N4O2S. The van der Waals surface area contributed by atoms with E-state index in [4.69, 9.17) is 0 Å². The van der Waals surface area contributed by atoms with Crippen LogP contribution < -0.4 is 10.9 Å². The number of rotatable bonds is 4. The molecule has 0 saturated heterocycles. The number of aromatic nitrogens is 3. The van der Waals surface area contributed by atoms with Crippen LogP contribution in [0.25, 0.3) is 22.0 Å². The Morgan fingerprint density at radius 2 is 1.76 bits per heavy atom. The van der Waals surface area contributed by atoms with Crippen LogP contribution in [-0.4, -0.2) is 20.7 Å². The van der Waals surface area contributed by atoms with Gasteiger partial charge in [0.2, 0.25) is 0 Å². The molecule has 0 aliphatic carbocycles. The van der Waals surface area contributed by atoms with Crippen molar-refractivity contribution in [3.63, 3.8) is 0 Å². The lowest BCUT2D eigenvalue weighted by atomic mass is 10.1. The fourth-order valence-electron chi connectivity index (χ4n) is 3.07. The maximum Gasteiger partial charge on any atom is 0.278 e. The normalized spacial score (nSPS) is 11.2. The van der Waals surface area contributed by atoms with Gasteiger partial charge in [-0.25, -0.2) is 9.67 Å². The molecule has 1 amide bonds. The maximum atomic E-state index is 13.0. The van der Waals surface area contributed by atoms with Crippen molar-refractivity contribution in [1.29, 1.82) is 0 Å². The van der Waals surface area contributed by atoms with E-state index in [0.29, 0.717) is 15.9 Å². The molecule has 0 bridgehead atoms. The number of nitrogens with one attached hydrogen (secondary N) is 1. The molecule has 146 valence electrons. The van der Waals surface area contributed by atoms with Gasteiger partial charge in [-0.3, -0.25) is 14.9 Å². The van der Waals surface area contributed by atoms with Gasteiger partial charge in [0.1, 0.15) is 0 Å². The van der Waals surface area contributed by atoms with Crippen LogP contribution in [-0.2, 0) is 0 Å². The van der Waals surface area contributed by atoms with Gasteiger partial charge >= 0.3 is 0 Å². The first-order chi connectivity index (χ1) is 13.9. The summed E-state index contributed by atoms with van der Waals surface area (Å²) in [6.45, 7) is 5.75. The number of aryl methyl sites for hydroxylation is 1. The van der Waals surface area contributed by atoms with E-state index in [9.17, 15) is 9.59 Å². The zero-order chi connectivity index (χ0) is 20.5. The Morgan fingerprint density at radius 3 is 2.45 bits per heavy atom. The van der Waals surface area contributed by atoms with Crippen LogP contribution in [0.5, 0.6) is 0 Å². The molecule has 4 rings (SSSR count). The molecule has 7 heteroatoms. The van der Waals surface area contributed by atoms with Gasteiger partial charge in [0.05, 0.1) is 17.1 Å². The molecule has 6 nitrogen and oxygen atoms in total. The number of carbonyl (C=O) groups is 1. The fourth-order valence-corrected chi connectivity index (χ4v) is 3.78. The molecule has 0 atom stereocenters. The summed E-state index contributed by atoms with van der Waals surface area (Å²) in [6, 6.07) is 14.9. The van der Waals surface area contributed by atoms with E-state index in [1.54, 1.807) is 24.3 Å². The van der Waals surface area contributed by atoms with Crippen LogP contribution in [0.15, 0.2) is 58.7 Å². The van der Waals surface area contributed by atoms with Crippen LogP contribution in [0.2, 0.25) is 0 Å². The molecule has 0 saturated carbocycles. The number of benzene rings is 2. The lowest BCUT2D eigenvalue weighted by Gasteiger charge is -2.12. The van der Waals surface area contributed by atoms with Crippen LogP contribution in [0.1, 0.15) is 35.9 Å². The average Bonchev–Trinajstić information content (AvgIpc) is 3.17. The molecule has 0 aliphatic rings. The second-order valence-corrected chi connectivity index (χ2v) is 7.95. The summed E-state index contributed by atoms with van der Waals surface area (Å²) in [4.78, 5) is 30.1. The zero-order valence-electron chi connectivity index (χ0n) is 16.3. The van der Waals surface area contributed by atoms with Crippen molar-refractivity contribution < 1.29 is 4.79 Å². The summed E-state index contributed by atoms with van der Waals surface area (Å²) < 4.78 is 1.34. The molecule has 0 unspecified atom stereocenters. The highest BCUT2D eigenvalue weighted by Crippen LogP contribution is 2.26. The highest BCUT2D eigenvalue weighted by molar-refractivity contribution is 7.14. The van der Waals surface area contributed by atoms with Gasteiger partial charge in [-0.05, 0) is 26.8 Å². The molecule has 2 heterocycles. The summed E-state index contributed by atoms with van der Waals surface area (Å²) in [5.74, 6) is -0.389. The lowest BCUT2D eigenvalue weighted by Crippen LogP contribution is -2.28.